The number of benzene rings is 1. The molecular weight excluding hydrogens is 449 g/mol. The number of alkyl halides is 3. The molecule has 172 valence electrons. The van der Waals surface area contributed by atoms with Crippen LogP contribution in [0.3, 0.4) is 0 Å². The fourth-order valence-electron chi connectivity index (χ4n) is 3.78. The maximum absolute atomic E-state index is 12.8. The van der Waals surface area contributed by atoms with Crippen molar-refractivity contribution in [2.24, 2.45) is 0 Å². The highest BCUT2D eigenvalue weighted by Crippen LogP contribution is 2.31. The zero-order valence-corrected chi connectivity index (χ0v) is 18.9. The van der Waals surface area contributed by atoms with Crippen molar-refractivity contribution in [2.45, 2.75) is 44.8 Å². The summed E-state index contributed by atoms with van der Waals surface area (Å²) >= 11 is 1.58. The molecule has 5 nitrogen and oxygen atoms in total. The van der Waals surface area contributed by atoms with E-state index in [4.69, 9.17) is 0 Å². The van der Waals surface area contributed by atoms with E-state index in [0.29, 0.717) is 25.2 Å². The molecule has 1 aliphatic heterocycles. The Morgan fingerprint density at radius 2 is 1.94 bits per heavy atom. The van der Waals surface area contributed by atoms with Gasteiger partial charge in [0.15, 0.2) is 5.69 Å². The fourth-order valence-corrected chi connectivity index (χ4v) is 4.70. The molecule has 1 amide bonds. The third-order valence-electron chi connectivity index (χ3n) is 5.63. The largest absolute Gasteiger partial charge is 0.435 e. The average Bonchev–Trinajstić information content (AvgIpc) is 3.41. The smallest absolute Gasteiger partial charge is 0.341 e. The Labute approximate surface area is 194 Å². The number of rotatable bonds is 4. The van der Waals surface area contributed by atoms with E-state index in [2.05, 4.69) is 21.9 Å². The summed E-state index contributed by atoms with van der Waals surface area (Å²) in [6, 6.07) is 11.0. The first-order valence-electron chi connectivity index (χ1n) is 10.7. The Kier molecular flexibility index (Phi) is 6.84. The van der Waals surface area contributed by atoms with Crippen molar-refractivity contribution in [3.63, 3.8) is 0 Å². The van der Waals surface area contributed by atoms with Crippen LogP contribution in [0.2, 0.25) is 0 Å². The second-order valence-electron chi connectivity index (χ2n) is 8.02. The van der Waals surface area contributed by atoms with Crippen LogP contribution in [0.15, 0.2) is 41.8 Å². The van der Waals surface area contributed by atoms with Gasteiger partial charge in [-0.1, -0.05) is 36.3 Å². The number of carbonyl (C=O) groups excluding carboxylic acids is 1. The minimum Gasteiger partial charge on any atom is -0.341 e. The molecule has 0 aliphatic carbocycles. The van der Waals surface area contributed by atoms with E-state index in [-0.39, 0.29) is 18.4 Å². The highest BCUT2D eigenvalue weighted by atomic mass is 32.1. The predicted molar refractivity (Wildman–Crippen MR) is 120 cm³/mol. The van der Waals surface area contributed by atoms with Crippen LogP contribution in [0.1, 0.15) is 46.4 Å². The van der Waals surface area contributed by atoms with E-state index in [1.165, 1.54) is 6.92 Å². The number of aromatic nitrogens is 3. The zero-order chi connectivity index (χ0) is 23.4. The van der Waals surface area contributed by atoms with Gasteiger partial charge in [-0.25, -0.2) is 4.98 Å². The summed E-state index contributed by atoms with van der Waals surface area (Å²) < 4.78 is 39.6. The third kappa shape index (κ3) is 5.82. The quantitative estimate of drug-likeness (QED) is 0.519. The highest BCUT2D eigenvalue weighted by Gasteiger charge is 2.35. The van der Waals surface area contributed by atoms with Gasteiger partial charge < -0.3 is 4.90 Å². The van der Waals surface area contributed by atoms with Crippen LogP contribution in [-0.2, 0) is 23.9 Å². The Morgan fingerprint density at radius 1 is 1.21 bits per heavy atom. The predicted octanol–water partition coefficient (Wildman–Crippen LogP) is 4.67. The number of piperidine rings is 1. The van der Waals surface area contributed by atoms with Crippen molar-refractivity contribution in [1.29, 1.82) is 0 Å². The molecule has 1 fully saturated rings. The van der Waals surface area contributed by atoms with Crippen LogP contribution in [-0.4, -0.2) is 38.7 Å². The van der Waals surface area contributed by atoms with Crippen molar-refractivity contribution >= 4 is 17.2 Å². The van der Waals surface area contributed by atoms with E-state index in [1.54, 1.807) is 16.2 Å². The minimum atomic E-state index is -4.52. The lowest BCUT2D eigenvalue weighted by Crippen LogP contribution is -2.40. The number of carbonyl (C=O) groups is 1. The molecule has 0 unspecified atom stereocenters. The Balaban J connectivity index is 1.30. The van der Waals surface area contributed by atoms with E-state index >= 15 is 0 Å². The van der Waals surface area contributed by atoms with Crippen LogP contribution < -0.4 is 0 Å². The van der Waals surface area contributed by atoms with E-state index in [1.807, 2.05) is 35.7 Å². The number of halogens is 3. The molecule has 1 saturated heterocycles. The molecule has 3 aromatic rings. The van der Waals surface area contributed by atoms with E-state index in [0.717, 1.165) is 39.9 Å². The summed E-state index contributed by atoms with van der Waals surface area (Å²) in [6.45, 7) is 2.42. The lowest BCUT2D eigenvalue weighted by atomic mass is 9.97. The highest BCUT2D eigenvalue weighted by molar-refractivity contribution is 7.09. The second-order valence-corrected chi connectivity index (χ2v) is 8.91. The van der Waals surface area contributed by atoms with Gasteiger partial charge in [-0.15, -0.1) is 11.3 Å². The van der Waals surface area contributed by atoms with Crippen LogP contribution in [0, 0.1) is 18.8 Å². The maximum Gasteiger partial charge on any atom is 0.435 e. The molecule has 33 heavy (non-hydrogen) atoms. The van der Waals surface area contributed by atoms with Crippen molar-refractivity contribution < 1.29 is 18.0 Å². The standard InChI is InChI=1S/C24H23F3N4OS/c1-17-14-21(24(25,26)27)29-31(17)15-22(32)30-12-10-19(11-13-30)23-28-20(16-33-23)9-5-8-18-6-3-2-4-7-18/h2-4,6-7,14,16,19H,8,10-13,15H2,1H3. The molecule has 3 heterocycles. The van der Waals surface area contributed by atoms with Crippen LogP contribution >= 0.6 is 11.3 Å². The number of nitrogens with zero attached hydrogens (tertiary/aromatic N) is 4. The molecule has 0 N–H and O–H groups in total. The number of amides is 1. The van der Waals surface area contributed by atoms with Crippen LogP contribution in [0.5, 0.6) is 0 Å². The van der Waals surface area contributed by atoms with Gasteiger partial charge in [0.25, 0.3) is 0 Å². The van der Waals surface area contributed by atoms with Gasteiger partial charge in [-0.2, -0.15) is 18.3 Å². The molecule has 2 aromatic heterocycles. The summed E-state index contributed by atoms with van der Waals surface area (Å²) in [7, 11) is 0. The maximum atomic E-state index is 12.8. The normalized spacial score (nSPS) is 14.7. The summed E-state index contributed by atoms with van der Waals surface area (Å²) in [6.07, 6.45) is -2.31. The van der Waals surface area contributed by atoms with Gasteiger partial charge in [0.05, 0.1) is 5.01 Å². The monoisotopic (exact) mass is 472 g/mol. The zero-order valence-electron chi connectivity index (χ0n) is 18.1. The molecule has 0 spiro atoms. The summed E-state index contributed by atoms with van der Waals surface area (Å²) in [5.74, 6) is 6.31. The van der Waals surface area contributed by atoms with E-state index < -0.39 is 11.9 Å². The first-order valence-corrected chi connectivity index (χ1v) is 11.5. The SMILES string of the molecule is Cc1cc(C(F)(F)F)nn1CC(=O)N1CCC(c2nc(C#CCc3ccccc3)cs2)CC1. The van der Waals surface area contributed by atoms with Gasteiger partial charge in [0.1, 0.15) is 12.2 Å². The number of aryl methyl sites for hydroxylation is 1. The number of hydrogen-bond donors (Lipinski definition) is 0. The molecule has 9 heteroatoms. The van der Waals surface area contributed by atoms with Gasteiger partial charge in [-0.3, -0.25) is 9.48 Å². The van der Waals surface area contributed by atoms with Gasteiger partial charge in [0.2, 0.25) is 5.91 Å². The van der Waals surface area contributed by atoms with Gasteiger partial charge in [0, 0.05) is 36.5 Å². The fraction of sp³-hybridized carbons (Fsp3) is 0.375. The first kappa shape index (κ1) is 23.1. The molecule has 1 aromatic carbocycles. The number of likely N-dealkylation sites (tertiary alicyclic amines) is 1. The van der Waals surface area contributed by atoms with Gasteiger partial charge >= 0.3 is 6.18 Å². The minimum absolute atomic E-state index is 0.190. The van der Waals surface area contributed by atoms with Crippen molar-refractivity contribution in [2.75, 3.05) is 13.1 Å². The molecule has 0 saturated carbocycles. The molecule has 1 aliphatic rings. The second kappa shape index (κ2) is 9.79. The molecular formula is C24H23F3N4OS. The van der Waals surface area contributed by atoms with E-state index in [9.17, 15) is 18.0 Å². The summed E-state index contributed by atoms with van der Waals surface area (Å²) in [5, 5.41) is 6.53. The molecule has 0 bridgehead atoms. The van der Waals surface area contributed by atoms with Crippen LogP contribution in [0.4, 0.5) is 13.2 Å². The Bertz CT molecular complexity index is 1170. The Morgan fingerprint density at radius 3 is 2.61 bits per heavy atom. The van der Waals surface area contributed by atoms with Gasteiger partial charge in [-0.05, 0) is 37.3 Å². The number of thiazole rings is 1. The molecule has 0 atom stereocenters. The lowest BCUT2D eigenvalue weighted by molar-refractivity contribution is -0.142. The Hall–Kier alpha value is -3.12. The topological polar surface area (TPSA) is 51.0 Å². The average molecular weight is 473 g/mol. The van der Waals surface area contributed by atoms with Crippen LogP contribution in [0.25, 0.3) is 0 Å². The number of hydrogen-bond acceptors (Lipinski definition) is 4. The summed E-state index contributed by atoms with van der Waals surface area (Å²) in [4.78, 5) is 19.0. The lowest BCUT2D eigenvalue weighted by Gasteiger charge is -2.31. The van der Waals surface area contributed by atoms with Crippen molar-refractivity contribution in [3.8, 4) is 11.8 Å². The molecule has 0 radical (unpaired) electrons. The third-order valence-corrected chi connectivity index (χ3v) is 6.63. The summed E-state index contributed by atoms with van der Waals surface area (Å²) in [5.41, 5.74) is 1.27. The molecule has 4 rings (SSSR count). The van der Waals surface area contributed by atoms with Crippen molar-refractivity contribution in [1.82, 2.24) is 19.7 Å². The van der Waals surface area contributed by atoms with Crippen molar-refractivity contribution in [3.05, 3.63) is 69.4 Å². The first-order chi connectivity index (χ1) is 15.8.